The van der Waals surface area contributed by atoms with Gasteiger partial charge in [-0.25, -0.2) is 0 Å². The Morgan fingerprint density at radius 2 is 1.96 bits per heavy atom. The Bertz CT molecular complexity index is 525. The van der Waals surface area contributed by atoms with Crippen molar-refractivity contribution < 1.29 is 9.53 Å². The van der Waals surface area contributed by atoms with Gasteiger partial charge >= 0.3 is 0 Å². The maximum atomic E-state index is 12.4. The van der Waals surface area contributed by atoms with Crippen LogP contribution < -0.4 is 5.32 Å². The molecule has 3 unspecified atom stereocenters. The van der Waals surface area contributed by atoms with E-state index >= 15 is 0 Å². The first-order valence-electron chi connectivity index (χ1n) is 9.66. The van der Waals surface area contributed by atoms with Crippen molar-refractivity contribution in [3.05, 3.63) is 0 Å². The summed E-state index contributed by atoms with van der Waals surface area (Å²) in [7, 11) is 0. The Labute approximate surface area is 144 Å². The molecule has 1 N–H and O–H groups in total. The van der Waals surface area contributed by atoms with Gasteiger partial charge < -0.3 is 15.0 Å². The van der Waals surface area contributed by atoms with Crippen molar-refractivity contribution in [2.45, 2.75) is 82.1 Å². The number of hydrogen-bond donors (Lipinski definition) is 1. The number of nitrogens with one attached hydrogen (secondary N) is 1. The minimum atomic E-state index is -0.213. The fourth-order valence-corrected chi connectivity index (χ4v) is 5.22. The Morgan fingerprint density at radius 1 is 1.25 bits per heavy atom. The van der Waals surface area contributed by atoms with E-state index < -0.39 is 0 Å². The van der Waals surface area contributed by atoms with Crippen LogP contribution in [0.3, 0.4) is 0 Å². The van der Waals surface area contributed by atoms with Crippen molar-refractivity contribution in [3.63, 3.8) is 0 Å². The highest BCUT2D eigenvalue weighted by molar-refractivity contribution is 5.79. The quantitative estimate of drug-likeness (QED) is 0.839. The monoisotopic (exact) mass is 331 g/mol. The topological polar surface area (TPSA) is 65.4 Å². The lowest BCUT2D eigenvalue weighted by Crippen LogP contribution is -2.48. The summed E-state index contributed by atoms with van der Waals surface area (Å²) in [4.78, 5) is 14.2. The van der Waals surface area contributed by atoms with Gasteiger partial charge in [0.25, 0.3) is 0 Å². The Balaban J connectivity index is 1.26. The van der Waals surface area contributed by atoms with Gasteiger partial charge in [-0.05, 0) is 70.1 Å². The summed E-state index contributed by atoms with van der Waals surface area (Å²) >= 11 is 0. The zero-order valence-corrected chi connectivity index (χ0v) is 14.7. The van der Waals surface area contributed by atoms with Crippen molar-refractivity contribution in [2.75, 3.05) is 13.1 Å². The molecule has 5 nitrogen and oxygen atoms in total. The van der Waals surface area contributed by atoms with Gasteiger partial charge in [0.15, 0.2) is 0 Å². The highest BCUT2D eigenvalue weighted by Gasteiger charge is 2.48. The molecule has 1 aliphatic heterocycles. The second kappa shape index (κ2) is 6.31. The number of amides is 1. The number of nitriles is 1. The number of carbonyl (C=O) groups excluding carboxylic acids is 1. The number of hydrogen-bond acceptors (Lipinski definition) is 4. The molecule has 5 heteroatoms. The van der Waals surface area contributed by atoms with Gasteiger partial charge in [0, 0.05) is 12.1 Å². The van der Waals surface area contributed by atoms with Crippen LogP contribution in [0.5, 0.6) is 0 Å². The van der Waals surface area contributed by atoms with Crippen LogP contribution in [0.4, 0.5) is 0 Å². The van der Waals surface area contributed by atoms with Crippen LogP contribution in [0.25, 0.3) is 0 Å². The summed E-state index contributed by atoms with van der Waals surface area (Å²) in [5.74, 6) is 1.59. The van der Waals surface area contributed by atoms with Crippen molar-refractivity contribution in [1.82, 2.24) is 10.2 Å². The molecule has 0 radical (unpaired) electrons. The van der Waals surface area contributed by atoms with Crippen molar-refractivity contribution in [2.24, 2.45) is 11.8 Å². The van der Waals surface area contributed by atoms with Crippen LogP contribution in [0.2, 0.25) is 0 Å². The molecule has 1 amide bonds. The SMILES string of the molecule is CC1(NCC(=O)N2CCCC2C#N)C[C@H]2CC(OC3CC3)C[C@H]2C1. The number of rotatable bonds is 5. The lowest BCUT2D eigenvalue weighted by atomic mass is 9.95. The molecular formula is C19H29N3O2. The lowest BCUT2D eigenvalue weighted by molar-refractivity contribution is -0.130. The van der Waals surface area contributed by atoms with Gasteiger partial charge in [0.05, 0.1) is 24.8 Å². The molecule has 4 rings (SSSR count). The second-order valence-corrected chi connectivity index (χ2v) is 8.65. The molecule has 4 fully saturated rings. The van der Waals surface area contributed by atoms with E-state index in [0.29, 0.717) is 18.8 Å². The van der Waals surface area contributed by atoms with Gasteiger partial charge in [-0.15, -0.1) is 0 Å². The zero-order valence-electron chi connectivity index (χ0n) is 14.7. The molecule has 24 heavy (non-hydrogen) atoms. The minimum absolute atomic E-state index is 0.0669. The molecule has 0 aromatic rings. The zero-order chi connectivity index (χ0) is 16.7. The lowest BCUT2D eigenvalue weighted by Gasteiger charge is -2.29. The van der Waals surface area contributed by atoms with Gasteiger partial charge in [0.1, 0.15) is 6.04 Å². The van der Waals surface area contributed by atoms with E-state index in [1.807, 2.05) is 0 Å². The summed E-state index contributed by atoms with van der Waals surface area (Å²) in [5, 5.41) is 12.7. The third-order valence-electron chi connectivity index (χ3n) is 6.52. The van der Waals surface area contributed by atoms with Crippen LogP contribution in [-0.2, 0) is 9.53 Å². The van der Waals surface area contributed by atoms with Crippen LogP contribution in [0.15, 0.2) is 0 Å². The standard InChI is InChI=1S/C19H29N3O2/c1-19(21-12-18(23)22-6-2-3-15(22)11-20)9-13-7-17(8-14(13)10-19)24-16-4-5-16/h13-17,21H,2-10,12H2,1H3/t13-,14+,15?,17?,19?. The molecule has 3 saturated carbocycles. The van der Waals surface area contributed by atoms with Crippen molar-refractivity contribution in [1.29, 1.82) is 5.26 Å². The molecule has 0 bridgehead atoms. The molecule has 0 aromatic carbocycles. The highest BCUT2D eigenvalue weighted by Crippen LogP contribution is 2.50. The molecule has 4 aliphatic rings. The molecule has 132 valence electrons. The summed E-state index contributed by atoms with van der Waals surface area (Å²) < 4.78 is 6.10. The maximum absolute atomic E-state index is 12.4. The fourth-order valence-electron chi connectivity index (χ4n) is 5.22. The number of carbonyl (C=O) groups is 1. The van der Waals surface area contributed by atoms with Crippen molar-refractivity contribution >= 4 is 5.91 Å². The van der Waals surface area contributed by atoms with E-state index in [-0.39, 0.29) is 17.5 Å². The van der Waals surface area contributed by atoms with Crippen molar-refractivity contribution in [3.8, 4) is 6.07 Å². The molecule has 5 atom stereocenters. The number of likely N-dealkylation sites (tertiary alicyclic amines) is 1. The average Bonchev–Trinajstić information content (AvgIpc) is 2.97. The molecule has 0 aromatic heterocycles. The first kappa shape index (κ1) is 16.4. The largest absolute Gasteiger partial charge is 0.375 e. The van der Waals surface area contributed by atoms with E-state index in [2.05, 4.69) is 18.3 Å². The summed E-state index contributed by atoms with van der Waals surface area (Å²) in [6.45, 7) is 3.37. The second-order valence-electron chi connectivity index (χ2n) is 8.65. The number of ether oxygens (including phenoxy) is 1. The van der Waals surface area contributed by atoms with Crippen LogP contribution in [0.1, 0.15) is 58.3 Å². The van der Waals surface area contributed by atoms with E-state index in [1.165, 1.54) is 25.7 Å². The van der Waals surface area contributed by atoms with Crippen LogP contribution >= 0.6 is 0 Å². The highest BCUT2D eigenvalue weighted by atomic mass is 16.5. The van der Waals surface area contributed by atoms with Crippen LogP contribution in [0, 0.1) is 23.2 Å². The third-order valence-corrected chi connectivity index (χ3v) is 6.52. The molecular weight excluding hydrogens is 302 g/mol. The smallest absolute Gasteiger partial charge is 0.237 e. The Hall–Kier alpha value is -1.12. The minimum Gasteiger partial charge on any atom is -0.375 e. The van der Waals surface area contributed by atoms with E-state index in [4.69, 9.17) is 10.00 Å². The predicted octanol–water partition coefficient (Wildman–Crippen LogP) is 2.22. The Kier molecular flexibility index (Phi) is 4.30. The molecule has 1 saturated heterocycles. The predicted molar refractivity (Wildman–Crippen MR) is 90.1 cm³/mol. The van der Waals surface area contributed by atoms with Gasteiger partial charge in [0.2, 0.25) is 5.91 Å². The summed E-state index contributed by atoms with van der Waals surface area (Å²) in [5.41, 5.74) is 0.0669. The Morgan fingerprint density at radius 3 is 2.58 bits per heavy atom. The third kappa shape index (κ3) is 3.32. The molecule has 0 spiro atoms. The first-order valence-corrected chi connectivity index (χ1v) is 9.66. The summed E-state index contributed by atoms with van der Waals surface area (Å²) in [6.07, 6.45) is 10.0. The normalized spacial score (nSPS) is 41.4. The number of nitrogens with zero attached hydrogens (tertiary/aromatic N) is 2. The molecule has 1 heterocycles. The van der Waals surface area contributed by atoms with Gasteiger partial charge in [-0.1, -0.05) is 0 Å². The maximum Gasteiger partial charge on any atom is 0.237 e. The fraction of sp³-hybridized carbons (Fsp3) is 0.895. The van der Waals surface area contributed by atoms with E-state index in [9.17, 15) is 4.79 Å². The average molecular weight is 331 g/mol. The number of fused-ring (bicyclic) bond motifs is 1. The van der Waals surface area contributed by atoms with Crippen LogP contribution in [-0.4, -0.2) is 47.7 Å². The van der Waals surface area contributed by atoms with Gasteiger partial charge in [-0.3, -0.25) is 4.79 Å². The van der Waals surface area contributed by atoms with E-state index in [1.54, 1.807) is 4.90 Å². The first-order chi connectivity index (χ1) is 11.6. The summed E-state index contributed by atoms with van der Waals surface area (Å²) in [6, 6.07) is 2.04. The van der Waals surface area contributed by atoms with E-state index in [0.717, 1.165) is 44.1 Å². The molecule has 3 aliphatic carbocycles. The van der Waals surface area contributed by atoms with Gasteiger partial charge in [-0.2, -0.15) is 5.26 Å².